The molecule has 0 aliphatic rings. The summed E-state index contributed by atoms with van der Waals surface area (Å²) in [6.45, 7) is 5.37. The Bertz CT molecular complexity index is 1060. The van der Waals surface area contributed by atoms with Gasteiger partial charge < -0.3 is 4.57 Å². The highest BCUT2D eigenvalue weighted by Gasteiger charge is 2.15. The molecule has 0 aliphatic carbocycles. The molecule has 4 rings (SSSR count). The van der Waals surface area contributed by atoms with E-state index in [2.05, 4.69) is 103 Å². The molecule has 2 heteroatoms. The van der Waals surface area contributed by atoms with Crippen molar-refractivity contribution < 1.29 is 4.57 Å². The molecular weight excluding hydrogens is 316 g/mol. The summed E-state index contributed by atoms with van der Waals surface area (Å²) in [4.78, 5) is 0. The van der Waals surface area contributed by atoms with Gasteiger partial charge in [0.2, 0.25) is 0 Å². The van der Waals surface area contributed by atoms with Crippen molar-refractivity contribution in [2.75, 3.05) is 0 Å². The van der Waals surface area contributed by atoms with Crippen LogP contribution in [0.2, 0.25) is 0 Å². The van der Waals surface area contributed by atoms with Gasteiger partial charge in [-0.25, -0.2) is 4.57 Å². The minimum atomic E-state index is 0.988. The van der Waals surface area contributed by atoms with Crippen LogP contribution in [0, 0.1) is 13.8 Å². The Morgan fingerprint density at radius 1 is 0.846 bits per heavy atom. The van der Waals surface area contributed by atoms with Gasteiger partial charge in [0.15, 0.2) is 11.9 Å². The van der Waals surface area contributed by atoms with Crippen LogP contribution in [0.1, 0.15) is 17.0 Å². The standard InChI is InChI=1S/C24H25N2/c1-18-13-14-20(17-25(18)3)15-16-26-19(2)24(21-9-5-4-6-10-21)22-11-7-8-12-23(22)26/h4-14,17H,15-16H2,1-3H3/q+1. The van der Waals surface area contributed by atoms with Gasteiger partial charge in [-0.05, 0) is 31.0 Å². The predicted octanol–water partition coefficient (Wildman–Crippen LogP) is 4.99. The lowest BCUT2D eigenvalue weighted by molar-refractivity contribution is -0.678. The maximum absolute atomic E-state index is 2.47. The van der Waals surface area contributed by atoms with Crippen molar-refractivity contribution in [3.05, 3.63) is 89.9 Å². The van der Waals surface area contributed by atoms with Gasteiger partial charge in [0, 0.05) is 47.3 Å². The summed E-state index contributed by atoms with van der Waals surface area (Å²) in [5.41, 5.74) is 7.96. The molecule has 26 heavy (non-hydrogen) atoms. The third-order valence-corrected chi connectivity index (χ3v) is 5.37. The van der Waals surface area contributed by atoms with Crippen molar-refractivity contribution in [2.45, 2.75) is 26.8 Å². The molecule has 0 saturated heterocycles. The van der Waals surface area contributed by atoms with Gasteiger partial charge in [0.05, 0.1) is 0 Å². The number of fused-ring (bicyclic) bond motifs is 1. The molecule has 2 nitrogen and oxygen atoms in total. The van der Waals surface area contributed by atoms with Crippen LogP contribution in [0.4, 0.5) is 0 Å². The Morgan fingerprint density at radius 3 is 2.35 bits per heavy atom. The summed E-state index contributed by atoms with van der Waals surface area (Å²) >= 11 is 0. The zero-order valence-corrected chi connectivity index (χ0v) is 15.7. The normalized spacial score (nSPS) is 11.2. The van der Waals surface area contributed by atoms with E-state index in [0.717, 1.165) is 13.0 Å². The lowest BCUT2D eigenvalue weighted by Gasteiger charge is -2.09. The van der Waals surface area contributed by atoms with Crippen LogP contribution in [0.15, 0.2) is 72.9 Å². The summed E-state index contributed by atoms with van der Waals surface area (Å²) in [6, 6.07) is 23.9. The van der Waals surface area contributed by atoms with Crippen molar-refractivity contribution in [1.82, 2.24) is 4.57 Å². The fraction of sp³-hybridized carbons (Fsp3) is 0.208. The topological polar surface area (TPSA) is 8.81 Å². The molecule has 2 heterocycles. The number of benzene rings is 2. The molecule has 130 valence electrons. The number of rotatable bonds is 4. The molecular formula is C24H25N2+. The summed E-state index contributed by atoms with van der Waals surface area (Å²) < 4.78 is 4.67. The fourth-order valence-electron chi connectivity index (χ4n) is 3.82. The second-order valence-electron chi connectivity index (χ2n) is 7.03. The van der Waals surface area contributed by atoms with Crippen LogP contribution in [0.5, 0.6) is 0 Å². The van der Waals surface area contributed by atoms with E-state index < -0.39 is 0 Å². The minimum Gasteiger partial charge on any atom is -0.344 e. The van der Waals surface area contributed by atoms with Gasteiger partial charge >= 0.3 is 0 Å². The predicted molar refractivity (Wildman–Crippen MR) is 108 cm³/mol. The quantitative estimate of drug-likeness (QED) is 0.462. The van der Waals surface area contributed by atoms with Gasteiger partial charge in [-0.15, -0.1) is 0 Å². The smallest absolute Gasteiger partial charge is 0.177 e. The van der Waals surface area contributed by atoms with Crippen molar-refractivity contribution in [2.24, 2.45) is 7.05 Å². The highest BCUT2D eigenvalue weighted by Crippen LogP contribution is 2.34. The van der Waals surface area contributed by atoms with Crippen LogP contribution in [-0.2, 0) is 20.0 Å². The second kappa shape index (κ2) is 6.80. The summed E-state index contributed by atoms with van der Waals surface area (Å²) in [5, 5.41) is 1.34. The summed E-state index contributed by atoms with van der Waals surface area (Å²) in [7, 11) is 2.11. The summed E-state index contributed by atoms with van der Waals surface area (Å²) in [5.74, 6) is 0. The molecule has 0 bridgehead atoms. The van der Waals surface area contributed by atoms with E-state index in [-0.39, 0.29) is 0 Å². The van der Waals surface area contributed by atoms with Crippen LogP contribution < -0.4 is 4.57 Å². The molecule has 2 aromatic heterocycles. The van der Waals surface area contributed by atoms with Gasteiger partial charge in [0.1, 0.15) is 7.05 Å². The molecule has 0 fully saturated rings. The molecule has 2 aromatic carbocycles. The number of pyridine rings is 1. The lowest BCUT2D eigenvalue weighted by atomic mass is 10.0. The number of aromatic nitrogens is 2. The monoisotopic (exact) mass is 341 g/mol. The van der Waals surface area contributed by atoms with E-state index in [1.807, 2.05) is 0 Å². The maximum Gasteiger partial charge on any atom is 0.177 e. The number of aryl methyl sites for hydroxylation is 4. The van der Waals surface area contributed by atoms with Gasteiger partial charge in [-0.1, -0.05) is 48.5 Å². The lowest BCUT2D eigenvalue weighted by Crippen LogP contribution is -2.31. The molecule has 4 aromatic rings. The van der Waals surface area contributed by atoms with E-state index in [9.17, 15) is 0 Å². The number of hydrogen-bond donors (Lipinski definition) is 0. The van der Waals surface area contributed by atoms with Crippen LogP contribution in [0.25, 0.3) is 22.0 Å². The molecule has 0 atom stereocenters. The Kier molecular flexibility index (Phi) is 4.34. The van der Waals surface area contributed by atoms with E-state index in [4.69, 9.17) is 0 Å². The zero-order valence-electron chi connectivity index (χ0n) is 15.7. The maximum atomic E-state index is 2.47. The van der Waals surface area contributed by atoms with Crippen molar-refractivity contribution in [1.29, 1.82) is 0 Å². The largest absolute Gasteiger partial charge is 0.344 e. The zero-order chi connectivity index (χ0) is 18.1. The third-order valence-electron chi connectivity index (χ3n) is 5.37. The van der Waals surface area contributed by atoms with Crippen molar-refractivity contribution in [3.63, 3.8) is 0 Å². The highest BCUT2D eigenvalue weighted by atomic mass is 15.0. The minimum absolute atomic E-state index is 0.988. The summed E-state index contributed by atoms with van der Waals surface area (Å²) in [6.07, 6.45) is 3.27. The molecule has 0 saturated carbocycles. The first-order chi connectivity index (χ1) is 12.6. The second-order valence-corrected chi connectivity index (χ2v) is 7.03. The Balaban J connectivity index is 1.75. The van der Waals surface area contributed by atoms with Crippen molar-refractivity contribution in [3.8, 4) is 11.1 Å². The van der Waals surface area contributed by atoms with Crippen LogP contribution >= 0.6 is 0 Å². The molecule has 0 unspecified atom stereocenters. The van der Waals surface area contributed by atoms with Gasteiger partial charge in [-0.3, -0.25) is 0 Å². The molecule has 0 radical (unpaired) electrons. The molecule has 0 N–H and O–H groups in total. The number of para-hydroxylation sites is 1. The Hall–Kier alpha value is -2.87. The fourth-order valence-corrected chi connectivity index (χ4v) is 3.82. The average molecular weight is 341 g/mol. The van der Waals surface area contributed by atoms with Gasteiger partial charge in [-0.2, -0.15) is 0 Å². The third kappa shape index (κ3) is 2.92. The van der Waals surface area contributed by atoms with E-state index >= 15 is 0 Å². The number of hydrogen-bond acceptors (Lipinski definition) is 0. The van der Waals surface area contributed by atoms with E-state index in [0.29, 0.717) is 0 Å². The molecule has 0 spiro atoms. The average Bonchev–Trinajstić information content (AvgIpc) is 2.95. The Labute approximate surface area is 155 Å². The SMILES string of the molecule is Cc1c(-c2ccccc2)c2ccccc2n1CCc1ccc(C)[n+](C)c1. The first-order valence-electron chi connectivity index (χ1n) is 9.23. The van der Waals surface area contributed by atoms with E-state index in [1.54, 1.807) is 0 Å². The van der Waals surface area contributed by atoms with E-state index in [1.165, 1.54) is 39.0 Å². The van der Waals surface area contributed by atoms with Crippen LogP contribution in [-0.4, -0.2) is 4.57 Å². The van der Waals surface area contributed by atoms with Gasteiger partial charge in [0.25, 0.3) is 0 Å². The first-order valence-corrected chi connectivity index (χ1v) is 9.23. The first kappa shape index (κ1) is 16.6. The molecule has 0 aliphatic heterocycles. The van der Waals surface area contributed by atoms with Crippen molar-refractivity contribution >= 4 is 10.9 Å². The number of nitrogens with zero attached hydrogens (tertiary/aromatic N) is 2. The highest BCUT2D eigenvalue weighted by molar-refractivity contribution is 5.98. The Morgan fingerprint density at radius 2 is 1.58 bits per heavy atom. The molecule has 0 amide bonds. The van der Waals surface area contributed by atoms with Crippen LogP contribution in [0.3, 0.4) is 0 Å².